The number of imidazole rings is 1. The average molecular weight is 372 g/mol. The van der Waals surface area contributed by atoms with E-state index < -0.39 is 5.97 Å². The SMILES string of the molecule is CCOCC1(c2cn3cc(C(=O)O)c(OC4CCC4)cc3n2)CCCCC1. The number of aromatic nitrogens is 2. The molecule has 2 aromatic heterocycles. The highest BCUT2D eigenvalue weighted by Gasteiger charge is 2.36. The summed E-state index contributed by atoms with van der Waals surface area (Å²) in [7, 11) is 0. The molecule has 6 heteroatoms. The van der Waals surface area contributed by atoms with Gasteiger partial charge in [0.05, 0.1) is 18.4 Å². The second-order valence-corrected chi connectivity index (χ2v) is 7.90. The van der Waals surface area contributed by atoms with Gasteiger partial charge in [0.15, 0.2) is 0 Å². The maximum Gasteiger partial charge on any atom is 0.341 e. The molecule has 2 fully saturated rings. The van der Waals surface area contributed by atoms with Crippen LogP contribution in [-0.4, -0.2) is 39.8 Å². The lowest BCUT2D eigenvalue weighted by atomic mass is 9.72. The Kier molecular flexibility index (Phi) is 5.08. The van der Waals surface area contributed by atoms with Crippen LogP contribution in [0.3, 0.4) is 0 Å². The van der Waals surface area contributed by atoms with Crippen molar-refractivity contribution in [2.24, 2.45) is 0 Å². The predicted molar refractivity (Wildman–Crippen MR) is 102 cm³/mol. The normalized spacial score (nSPS) is 19.7. The second-order valence-electron chi connectivity index (χ2n) is 7.90. The molecule has 2 saturated carbocycles. The third-order valence-electron chi connectivity index (χ3n) is 6.07. The number of aromatic carboxylic acids is 1. The van der Waals surface area contributed by atoms with E-state index in [9.17, 15) is 9.90 Å². The van der Waals surface area contributed by atoms with Crippen molar-refractivity contribution in [3.05, 3.63) is 29.7 Å². The lowest BCUT2D eigenvalue weighted by molar-refractivity contribution is 0.0678. The van der Waals surface area contributed by atoms with Gasteiger partial charge in [0.25, 0.3) is 0 Å². The summed E-state index contributed by atoms with van der Waals surface area (Å²) in [5.41, 5.74) is 1.87. The van der Waals surface area contributed by atoms with Crippen LogP contribution in [0, 0.1) is 0 Å². The highest BCUT2D eigenvalue weighted by Crippen LogP contribution is 2.40. The molecule has 2 heterocycles. The van der Waals surface area contributed by atoms with Gasteiger partial charge in [-0.15, -0.1) is 0 Å². The van der Waals surface area contributed by atoms with Crippen molar-refractivity contribution >= 4 is 11.6 Å². The van der Waals surface area contributed by atoms with Crippen LogP contribution in [0.1, 0.15) is 74.3 Å². The van der Waals surface area contributed by atoms with Gasteiger partial charge in [0, 0.05) is 30.5 Å². The standard InChI is InChI=1S/C21H28N2O4/c1-2-26-14-21(9-4-3-5-10-21)18-13-23-12-16(20(24)25)17(11-19(23)22-18)27-15-7-6-8-15/h11-13,15H,2-10,14H2,1H3,(H,24,25). The summed E-state index contributed by atoms with van der Waals surface area (Å²) in [5, 5.41) is 9.62. The van der Waals surface area contributed by atoms with E-state index in [0.29, 0.717) is 19.0 Å². The molecule has 0 aromatic carbocycles. The van der Waals surface area contributed by atoms with E-state index in [1.165, 1.54) is 19.3 Å². The van der Waals surface area contributed by atoms with E-state index in [-0.39, 0.29) is 17.1 Å². The fourth-order valence-electron chi connectivity index (χ4n) is 4.20. The van der Waals surface area contributed by atoms with Crippen LogP contribution in [0.25, 0.3) is 5.65 Å². The minimum Gasteiger partial charge on any atom is -0.489 e. The van der Waals surface area contributed by atoms with E-state index >= 15 is 0 Å². The zero-order chi connectivity index (χ0) is 18.9. The van der Waals surface area contributed by atoms with E-state index in [0.717, 1.165) is 43.4 Å². The van der Waals surface area contributed by atoms with E-state index in [4.69, 9.17) is 14.5 Å². The van der Waals surface area contributed by atoms with Crippen molar-refractivity contribution in [2.75, 3.05) is 13.2 Å². The molecule has 2 aromatic rings. The van der Waals surface area contributed by atoms with Gasteiger partial charge in [-0.25, -0.2) is 9.78 Å². The molecule has 0 saturated heterocycles. The number of hydrogen-bond acceptors (Lipinski definition) is 4. The van der Waals surface area contributed by atoms with Crippen molar-refractivity contribution < 1.29 is 19.4 Å². The molecule has 0 aliphatic heterocycles. The molecule has 27 heavy (non-hydrogen) atoms. The predicted octanol–water partition coefficient (Wildman–Crippen LogP) is 4.20. The lowest BCUT2D eigenvalue weighted by Gasteiger charge is -2.35. The zero-order valence-electron chi connectivity index (χ0n) is 15.9. The maximum atomic E-state index is 11.7. The number of carbonyl (C=O) groups is 1. The van der Waals surface area contributed by atoms with Crippen molar-refractivity contribution in [1.29, 1.82) is 0 Å². The van der Waals surface area contributed by atoms with Crippen molar-refractivity contribution in [2.45, 2.75) is 69.8 Å². The zero-order valence-corrected chi connectivity index (χ0v) is 15.9. The number of hydrogen-bond donors (Lipinski definition) is 1. The molecule has 146 valence electrons. The van der Waals surface area contributed by atoms with Gasteiger partial charge in [-0.3, -0.25) is 0 Å². The van der Waals surface area contributed by atoms with Crippen LogP contribution in [0.5, 0.6) is 5.75 Å². The number of carboxylic acid groups (broad SMARTS) is 1. The number of rotatable bonds is 7. The number of carboxylic acids is 1. The molecular weight excluding hydrogens is 344 g/mol. The maximum absolute atomic E-state index is 11.7. The first-order valence-corrected chi connectivity index (χ1v) is 10.1. The van der Waals surface area contributed by atoms with E-state index in [1.807, 2.05) is 17.5 Å². The Balaban J connectivity index is 1.72. The summed E-state index contributed by atoms with van der Waals surface area (Å²) < 4.78 is 13.6. The molecule has 2 aliphatic rings. The minimum atomic E-state index is -0.969. The lowest BCUT2D eigenvalue weighted by Crippen LogP contribution is -2.34. The molecular formula is C21H28N2O4. The molecule has 6 nitrogen and oxygen atoms in total. The number of fused-ring (bicyclic) bond motifs is 1. The summed E-state index contributed by atoms with van der Waals surface area (Å²) in [6, 6.07) is 1.78. The monoisotopic (exact) mass is 372 g/mol. The largest absolute Gasteiger partial charge is 0.489 e. The van der Waals surface area contributed by atoms with Gasteiger partial charge in [-0.2, -0.15) is 0 Å². The summed E-state index contributed by atoms with van der Waals surface area (Å²) in [5.74, 6) is -0.539. The highest BCUT2D eigenvalue weighted by atomic mass is 16.5. The average Bonchev–Trinajstić information content (AvgIpc) is 3.06. The van der Waals surface area contributed by atoms with Crippen LogP contribution in [0.15, 0.2) is 18.5 Å². The van der Waals surface area contributed by atoms with E-state index in [1.54, 1.807) is 12.3 Å². The molecule has 0 amide bonds. The summed E-state index contributed by atoms with van der Waals surface area (Å²) in [6.07, 6.45) is 12.6. The smallest absolute Gasteiger partial charge is 0.341 e. The van der Waals surface area contributed by atoms with Crippen molar-refractivity contribution in [3.8, 4) is 5.75 Å². The van der Waals surface area contributed by atoms with E-state index in [2.05, 4.69) is 0 Å². The fraction of sp³-hybridized carbons (Fsp3) is 0.619. The molecule has 4 rings (SSSR count). The Morgan fingerprint density at radius 1 is 1.26 bits per heavy atom. The fourth-order valence-corrected chi connectivity index (χ4v) is 4.20. The molecule has 0 radical (unpaired) electrons. The molecule has 0 unspecified atom stereocenters. The minimum absolute atomic E-state index is 0.0708. The number of ether oxygens (including phenoxy) is 2. The first-order valence-electron chi connectivity index (χ1n) is 10.1. The Hall–Kier alpha value is -2.08. The third kappa shape index (κ3) is 3.55. The van der Waals surface area contributed by atoms with Gasteiger partial charge in [-0.05, 0) is 39.0 Å². The third-order valence-corrected chi connectivity index (χ3v) is 6.07. The Labute approximate surface area is 159 Å². The number of pyridine rings is 1. The Morgan fingerprint density at radius 3 is 2.67 bits per heavy atom. The van der Waals surface area contributed by atoms with Crippen molar-refractivity contribution in [3.63, 3.8) is 0 Å². The molecule has 0 bridgehead atoms. The van der Waals surface area contributed by atoms with Crippen LogP contribution >= 0.6 is 0 Å². The van der Waals surface area contributed by atoms with Gasteiger partial charge < -0.3 is 19.0 Å². The topological polar surface area (TPSA) is 73.1 Å². The van der Waals surface area contributed by atoms with Crippen LogP contribution in [0.2, 0.25) is 0 Å². The summed E-state index contributed by atoms with van der Waals surface area (Å²) in [6.45, 7) is 3.38. The van der Waals surface area contributed by atoms with Crippen LogP contribution < -0.4 is 4.74 Å². The van der Waals surface area contributed by atoms with Crippen molar-refractivity contribution in [1.82, 2.24) is 9.38 Å². The summed E-state index contributed by atoms with van der Waals surface area (Å²) >= 11 is 0. The summed E-state index contributed by atoms with van der Waals surface area (Å²) in [4.78, 5) is 16.6. The highest BCUT2D eigenvalue weighted by molar-refractivity contribution is 5.91. The van der Waals surface area contributed by atoms with Gasteiger partial charge >= 0.3 is 5.97 Å². The Morgan fingerprint density at radius 2 is 2.04 bits per heavy atom. The molecule has 0 spiro atoms. The molecule has 2 aliphatic carbocycles. The first-order chi connectivity index (χ1) is 13.1. The number of nitrogens with zero attached hydrogens (tertiary/aromatic N) is 2. The van der Waals surface area contributed by atoms with Gasteiger partial charge in [0.1, 0.15) is 17.0 Å². The molecule has 0 atom stereocenters. The quantitative estimate of drug-likeness (QED) is 0.788. The van der Waals surface area contributed by atoms with Crippen LogP contribution in [0.4, 0.5) is 0 Å². The molecule has 1 N–H and O–H groups in total. The second kappa shape index (κ2) is 7.50. The van der Waals surface area contributed by atoms with Gasteiger partial charge in [-0.1, -0.05) is 19.3 Å². The van der Waals surface area contributed by atoms with Crippen LogP contribution in [-0.2, 0) is 10.2 Å². The first kappa shape index (κ1) is 18.3. The Bertz CT molecular complexity index is 819. The van der Waals surface area contributed by atoms with Gasteiger partial charge in [0.2, 0.25) is 0 Å².